The van der Waals surface area contributed by atoms with Crippen LogP contribution in [0.1, 0.15) is 5.56 Å². The van der Waals surface area contributed by atoms with Gasteiger partial charge in [0.1, 0.15) is 0 Å². The van der Waals surface area contributed by atoms with Crippen LogP contribution in [0.25, 0.3) is 0 Å². The molecule has 2 rings (SSSR count). The number of hydrogen-bond donors (Lipinski definition) is 0. The van der Waals surface area contributed by atoms with Crippen LogP contribution in [0.15, 0.2) is 48.5 Å². The highest BCUT2D eigenvalue weighted by Crippen LogP contribution is 2.25. The number of ether oxygens (including phenoxy) is 3. The lowest BCUT2D eigenvalue weighted by atomic mass is 10.2. The van der Waals surface area contributed by atoms with Crippen molar-refractivity contribution in [2.75, 3.05) is 46.4 Å². The van der Waals surface area contributed by atoms with Crippen LogP contribution >= 0.6 is 0 Å². The Labute approximate surface area is 165 Å². The molecule has 0 bridgehead atoms. The third kappa shape index (κ3) is 6.19. The summed E-state index contributed by atoms with van der Waals surface area (Å²) in [5, 5.41) is 0. The SMILES string of the molecule is COc1ccccc1OCC(=O)OCC(=O)N(C)Cc1ccc(N(C)C)cc1. The molecule has 0 aliphatic heterocycles. The van der Waals surface area contributed by atoms with E-state index in [4.69, 9.17) is 14.2 Å². The van der Waals surface area contributed by atoms with Crippen LogP contribution in [-0.4, -0.2) is 58.2 Å². The summed E-state index contributed by atoms with van der Waals surface area (Å²) in [6.07, 6.45) is 0. The van der Waals surface area contributed by atoms with Crippen LogP contribution in [0, 0.1) is 0 Å². The Morgan fingerprint density at radius 2 is 1.54 bits per heavy atom. The lowest BCUT2D eigenvalue weighted by molar-refractivity contribution is -0.153. The number of hydrogen-bond acceptors (Lipinski definition) is 6. The molecule has 0 spiro atoms. The van der Waals surface area contributed by atoms with Crippen molar-refractivity contribution >= 4 is 17.6 Å². The van der Waals surface area contributed by atoms with E-state index in [-0.39, 0.29) is 19.1 Å². The number of rotatable bonds is 9. The molecule has 0 atom stereocenters. The van der Waals surface area contributed by atoms with Crippen molar-refractivity contribution in [1.82, 2.24) is 4.90 Å². The van der Waals surface area contributed by atoms with E-state index in [1.165, 1.54) is 12.0 Å². The van der Waals surface area contributed by atoms with E-state index in [0.29, 0.717) is 18.0 Å². The average Bonchev–Trinajstić information content (AvgIpc) is 2.70. The van der Waals surface area contributed by atoms with Gasteiger partial charge in [0.2, 0.25) is 0 Å². The van der Waals surface area contributed by atoms with E-state index < -0.39 is 5.97 Å². The van der Waals surface area contributed by atoms with Gasteiger partial charge in [-0.3, -0.25) is 4.79 Å². The number of benzene rings is 2. The van der Waals surface area contributed by atoms with Crippen molar-refractivity contribution < 1.29 is 23.8 Å². The van der Waals surface area contributed by atoms with E-state index >= 15 is 0 Å². The highest BCUT2D eigenvalue weighted by atomic mass is 16.6. The van der Waals surface area contributed by atoms with Gasteiger partial charge in [-0.05, 0) is 29.8 Å². The smallest absolute Gasteiger partial charge is 0.344 e. The number of carbonyl (C=O) groups is 2. The molecule has 0 heterocycles. The standard InChI is InChI=1S/C21H26N2O5/c1-22(2)17-11-9-16(10-12-17)13-23(3)20(24)14-28-21(25)15-27-19-8-6-5-7-18(19)26-4/h5-12H,13-15H2,1-4H3. The lowest BCUT2D eigenvalue weighted by Gasteiger charge is -2.18. The summed E-state index contributed by atoms with van der Waals surface area (Å²) in [5.74, 6) is 0.0447. The molecule has 0 aliphatic carbocycles. The summed E-state index contributed by atoms with van der Waals surface area (Å²) in [6, 6.07) is 14.9. The van der Waals surface area contributed by atoms with Crippen LogP contribution in [-0.2, 0) is 20.9 Å². The lowest BCUT2D eigenvalue weighted by Crippen LogP contribution is -2.31. The third-order valence-corrected chi connectivity index (χ3v) is 4.07. The zero-order chi connectivity index (χ0) is 20.5. The first-order valence-corrected chi connectivity index (χ1v) is 8.82. The minimum Gasteiger partial charge on any atom is -0.493 e. The maximum absolute atomic E-state index is 12.2. The monoisotopic (exact) mass is 386 g/mol. The first-order valence-electron chi connectivity index (χ1n) is 8.82. The molecule has 0 unspecified atom stereocenters. The Balaban J connectivity index is 1.76. The van der Waals surface area contributed by atoms with Gasteiger partial charge in [-0.15, -0.1) is 0 Å². The number of carbonyl (C=O) groups excluding carboxylic acids is 2. The molecule has 150 valence electrons. The Bertz CT molecular complexity index is 790. The van der Waals surface area contributed by atoms with Gasteiger partial charge < -0.3 is 24.0 Å². The minimum atomic E-state index is -0.622. The van der Waals surface area contributed by atoms with Gasteiger partial charge >= 0.3 is 5.97 Å². The zero-order valence-corrected chi connectivity index (χ0v) is 16.7. The second kappa shape index (κ2) is 10.2. The number of esters is 1. The predicted octanol–water partition coefficient (Wildman–Crippen LogP) is 2.34. The fourth-order valence-corrected chi connectivity index (χ4v) is 2.43. The van der Waals surface area contributed by atoms with Crippen LogP contribution < -0.4 is 14.4 Å². The van der Waals surface area contributed by atoms with Gasteiger partial charge in [-0.1, -0.05) is 24.3 Å². The normalized spacial score (nSPS) is 10.1. The molecule has 0 saturated heterocycles. The topological polar surface area (TPSA) is 68.3 Å². The molecule has 0 aromatic heterocycles. The van der Waals surface area contributed by atoms with E-state index in [1.807, 2.05) is 43.3 Å². The second-order valence-electron chi connectivity index (χ2n) is 6.41. The van der Waals surface area contributed by atoms with E-state index in [0.717, 1.165) is 11.3 Å². The minimum absolute atomic E-state index is 0.290. The fourth-order valence-electron chi connectivity index (χ4n) is 2.43. The number of methoxy groups -OCH3 is 1. The summed E-state index contributed by atoms with van der Waals surface area (Å²) in [5.41, 5.74) is 2.08. The van der Waals surface area contributed by atoms with Crippen molar-refractivity contribution in [2.24, 2.45) is 0 Å². The molecule has 2 aromatic carbocycles. The van der Waals surface area contributed by atoms with Crippen LogP contribution in [0.2, 0.25) is 0 Å². The second-order valence-corrected chi connectivity index (χ2v) is 6.41. The molecule has 0 radical (unpaired) electrons. The maximum Gasteiger partial charge on any atom is 0.344 e. The van der Waals surface area contributed by atoms with Crippen molar-refractivity contribution in [3.05, 3.63) is 54.1 Å². The molecule has 7 nitrogen and oxygen atoms in total. The summed E-state index contributed by atoms with van der Waals surface area (Å²) < 4.78 is 15.5. The number of para-hydroxylation sites is 2. The fraction of sp³-hybridized carbons (Fsp3) is 0.333. The maximum atomic E-state index is 12.2. The van der Waals surface area contributed by atoms with Gasteiger partial charge in [-0.25, -0.2) is 4.79 Å². The number of amides is 1. The highest BCUT2D eigenvalue weighted by molar-refractivity contribution is 5.80. The number of likely N-dealkylation sites (N-methyl/N-ethyl adjacent to an activating group) is 1. The molecule has 0 N–H and O–H groups in total. The van der Waals surface area contributed by atoms with Gasteiger partial charge in [0.25, 0.3) is 5.91 Å². The molecular weight excluding hydrogens is 360 g/mol. The molecule has 7 heteroatoms. The summed E-state index contributed by atoms with van der Waals surface area (Å²) in [7, 11) is 7.12. The Kier molecular flexibility index (Phi) is 7.68. The molecule has 28 heavy (non-hydrogen) atoms. The van der Waals surface area contributed by atoms with E-state index in [1.54, 1.807) is 31.3 Å². The Morgan fingerprint density at radius 1 is 0.893 bits per heavy atom. The number of anilines is 1. The molecule has 2 aromatic rings. The Hall–Kier alpha value is -3.22. The first kappa shape index (κ1) is 21.1. The molecule has 0 saturated carbocycles. The Morgan fingerprint density at radius 3 is 2.14 bits per heavy atom. The third-order valence-electron chi connectivity index (χ3n) is 4.07. The van der Waals surface area contributed by atoms with Crippen LogP contribution in [0.5, 0.6) is 11.5 Å². The molecular formula is C21H26N2O5. The van der Waals surface area contributed by atoms with Gasteiger partial charge in [0, 0.05) is 33.4 Å². The van der Waals surface area contributed by atoms with Crippen LogP contribution in [0.4, 0.5) is 5.69 Å². The van der Waals surface area contributed by atoms with Gasteiger partial charge in [-0.2, -0.15) is 0 Å². The van der Waals surface area contributed by atoms with Crippen molar-refractivity contribution in [1.29, 1.82) is 0 Å². The summed E-state index contributed by atoms with van der Waals surface area (Å²) in [6.45, 7) is -0.203. The largest absolute Gasteiger partial charge is 0.493 e. The van der Waals surface area contributed by atoms with Crippen LogP contribution in [0.3, 0.4) is 0 Å². The summed E-state index contributed by atoms with van der Waals surface area (Å²) in [4.78, 5) is 27.5. The van der Waals surface area contributed by atoms with Crippen molar-refractivity contribution in [3.8, 4) is 11.5 Å². The summed E-state index contributed by atoms with van der Waals surface area (Å²) >= 11 is 0. The van der Waals surface area contributed by atoms with E-state index in [2.05, 4.69) is 0 Å². The zero-order valence-electron chi connectivity index (χ0n) is 16.7. The molecule has 1 amide bonds. The van der Waals surface area contributed by atoms with Crippen molar-refractivity contribution in [2.45, 2.75) is 6.54 Å². The van der Waals surface area contributed by atoms with Gasteiger partial charge in [0.05, 0.1) is 7.11 Å². The van der Waals surface area contributed by atoms with Gasteiger partial charge in [0.15, 0.2) is 24.7 Å². The molecule has 0 fully saturated rings. The van der Waals surface area contributed by atoms with Crippen molar-refractivity contribution in [3.63, 3.8) is 0 Å². The van der Waals surface area contributed by atoms with E-state index in [9.17, 15) is 9.59 Å². The predicted molar refractivity (Wildman–Crippen MR) is 107 cm³/mol. The molecule has 0 aliphatic rings. The average molecular weight is 386 g/mol. The quantitative estimate of drug-likeness (QED) is 0.616. The first-order chi connectivity index (χ1) is 13.4. The number of nitrogens with zero attached hydrogens (tertiary/aromatic N) is 2. The highest BCUT2D eigenvalue weighted by Gasteiger charge is 2.14.